The third-order valence-electron chi connectivity index (χ3n) is 4.72. The van der Waals surface area contributed by atoms with Crippen LogP contribution in [0.4, 0.5) is 0 Å². The number of hydrogen-bond acceptors (Lipinski definition) is 5. The molecule has 0 bridgehead atoms. The predicted octanol–water partition coefficient (Wildman–Crippen LogP) is 0.0103. The summed E-state index contributed by atoms with van der Waals surface area (Å²) in [5.41, 5.74) is 1.41. The summed E-state index contributed by atoms with van der Waals surface area (Å²) in [5, 5.41) is 0.939. The Labute approximate surface area is 155 Å². The standard InChI is InChI=1S/C18H17BN6O2/c1-4-24-14-15(22-17(24)19)23(3)18(27)25(16(14)26)9-13-20-10(2)11-7-5-6-8-12(11)21-13/h5-8H,4,9H2,1-3H3. The number of fused-ring (bicyclic) bond motifs is 2. The number of hydrogen-bond donors (Lipinski definition) is 0. The number of nitrogens with zero attached hydrogens (tertiary/aromatic N) is 6. The second-order valence-corrected chi connectivity index (χ2v) is 6.36. The van der Waals surface area contributed by atoms with Crippen molar-refractivity contribution in [3.05, 3.63) is 56.6 Å². The van der Waals surface area contributed by atoms with Crippen LogP contribution in [0.3, 0.4) is 0 Å². The maximum atomic E-state index is 13.0. The van der Waals surface area contributed by atoms with E-state index in [4.69, 9.17) is 7.85 Å². The van der Waals surface area contributed by atoms with Gasteiger partial charge in [-0.3, -0.25) is 13.9 Å². The number of aromatic nitrogens is 6. The van der Waals surface area contributed by atoms with Crippen molar-refractivity contribution in [3.63, 3.8) is 0 Å². The normalized spacial score (nSPS) is 11.5. The summed E-state index contributed by atoms with van der Waals surface area (Å²) in [4.78, 5) is 38.9. The molecule has 0 fully saturated rings. The van der Waals surface area contributed by atoms with E-state index in [0.717, 1.165) is 21.2 Å². The largest absolute Gasteiger partial charge is 0.332 e. The van der Waals surface area contributed by atoms with E-state index in [2.05, 4.69) is 15.0 Å². The predicted molar refractivity (Wildman–Crippen MR) is 104 cm³/mol. The van der Waals surface area contributed by atoms with Gasteiger partial charge in [-0.05, 0) is 19.9 Å². The van der Waals surface area contributed by atoms with Crippen LogP contribution >= 0.6 is 0 Å². The molecule has 134 valence electrons. The minimum absolute atomic E-state index is 0.0259. The van der Waals surface area contributed by atoms with Gasteiger partial charge in [0.2, 0.25) is 0 Å². The summed E-state index contributed by atoms with van der Waals surface area (Å²) in [6.45, 7) is 4.19. The zero-order valence-electron chi connectivity index (χ0n) is 15.3. The molecule has 3 aromatic heterocycles. The monoisotopic (exact) mass is 360 g/mol. The van der Waals surface area contributed by atoms with Crippen molar-refractivity contribution in [2.75, 3.05) is 0 Å². The lowest BCUT2D eigenvalue weighted by molar-refractivity contribution is 0.632. The molecule has 0 saturated heterocycles. The fourth-order valence-corrected chi connectivity index (χ4v) is 3.35. The molecule has 0 aliphatic carbocycles. The Morgan fingerprint density at radius 2 is 1.81 bits per heavy atom. The van der Waals surface area contributed by atoms with Crippen LogP contribution in [0.1, 0.15) is 18.4 Å². The van der Waals surface area contributed by atoms with Crippen molar-refractivity contribution in [3.8, 4) is 0 Å². The Hall–Kier alpha value is -3.23. The molecule has 0 spiro atoms. The summed E-state index contributed by atoms with van der Waals surface area (Å²) in [6, 6.07) is 7.62. The summed E-state index contributed by atoms with van der Waals surface area (Å²) < 4.78 is 4.05. The van der Waals surface area contributed by atoms with Crippen LogP contribution in [0.15, 0.2) is 33.9 Å². The zero-order valence-corrected chi connectivity index (χ0v) is 15.3. The van der Waals surface area contributed by atoms with Crippen LogP contribution in [-0.4, -0.2) is 36.5 Å². The van der Waals surface area contributed by atoms with E-state index in [0.29, 0.717) is 17.9 Å². The molecule has 0 saturated carbocycles. The fraction of sp³-hybridized carbons (Fsp3) is 0.278. The highest BCUT2D eigenvalue weighted by Crippen LogP contribution is 2.14. The minimum Gasteiger partial charge on any atom is -0.332 e. The second-order valence-electron chi connectivity index (χ2n) is 6.36. The van der Waals surface area contributed by atoms with Crippen molar-refractivity contribution >= 4 is 35.6 Å². The molecule has 27 heavy (non-hydrogen) atoms. The van der Waals surface area contributed by atoms with E-state index in [1.807, 2.05) is 38.1 Å². The lowest BCUT2D eigenvalue weighted by Gasteiger charge is -2.10. The molecule has 3 heterocycles. The van der Waals surface area contributed by atoms with Gasteiger partial charge < -0.3 is 4.57 Å². The Morgan fingerprint density at radius 3 is 2.56 bits per heavy atom. The summed E-state index contributed by atoms with van der Waals surface area (Å²) in [5.74, 6) is 0.403. The highest BCUT2D eigenvalue weighted by Gasteiger charge is 2.18. The van der Waals surface area contributed by atoms with Crippen LogP contribution in [0.25, 0.3) is 22.1 Å². The van der Waals surface area contributed by atoms with E-state index in [9.17, 15) is 9.59 Å². The van der Waals surface area contributed by atoms with E-state index < -0.39 is 11.2 Å². The Bertz CT molecular complexity index is 1320. The number of aryl methyl sites for hydroxylation is 3. The molecular formula is C18H17BN6O2. The minimum atomic E-state index is -0.484. The first-order valence-electron chi connectivity index (χ1n) is 8.60. The third-order valence-corrected chi connectivity index (χ3v) is 4.72. The number of benzene rings is 1. The zero-order chi connectivity index (χ0) is 19.3. The molecule has 0 atom stereocenters. The van der Waals surface area contributed by atoms with Crippen molar-refractivity contribution in [1.82, 2.24) is 28.7 Å². The maximum Gasteiger partial charge on any atom is 0.332 e. The van der Waals surface area contributed by atoms with E-state index in [1.54, 1.807) is 11.6 Å². The molecule has 2 radical (unpaired) electrons. The summed E-state index contributed by atoms with van der Waals surface area (Å²) in [7, 11) is 7.47. The lowest BCUT2D eigenvalue weighted by atomic mass is 10.1. The van der Waals surface area contributed by atoms with Gasteiger partial charge in [-0.15, -0.1) is 0 Å². The molecule has 4 rings (SSSR count). The second kappa shape index (κ2) is 6.19. The van der Waals surface area contributed by atoms with Crippen LogP contribution in [0.5, 0.6) is 0 Å². The Kier molecular flexibility index (Phi) is 3.94. The van der Waals surface area contributed by atoms with Gasteiger partial charge in [0.05, 0.1) is 17.8 Å². The number of imidazole rings is 1. The van der Waals surface area contributed by atoms with Crippen LogP contribution < -0.4 is 17.0 Å². The first-order chi connectivity index (χ1) is 12.9. The van der Waals surface area contributed by atoms with Crippen molar-refractivity contribution in [1.29, 1.82) is 0 Å². The average molecular weight is 360 g/mol. The first-order valence-corrected chi connectivity index (χ1v) is 8.60. The van der Waals surface area contributed by atoms with E-state index in [-0.39, 0.29) is 17.9 Å². The van der Waals surface area contributed by atoms with E-state index in [1.165, 1.54) is 4.57 Å². The highest BCUT2D eigenvalue weighted by molar-refractivity contribution is 6.30. The van der Waals surface area contributed by atoms with Gasteiger partial charge in [0.25, 0.3) is 5.56 Å². The molecule has 0 unspecified atom stereocenters. The smallest absolute Gasteiger partial charge is 0.332 e. The molecule has 8 nitrogen and oxygen atoms in total. The fourth-order valence-electron chi connectivity index (χ4n) is 3.35. The van der Waals surface area contributed by atoms with Crippen LogP contribution in [-0.2, 0) is 20.1 Å². The van der Waals surface area contributed by atoms with Crippen molar-refractivity contribution < 1.29 is 0 Å². The quantitative estimate of drug-likeness (QED) is 0.481. The number of rotatable bonds is 3. The molecule has 1 aromatic carbocycles. The molecule has 0 aliphatic heterocycles. The van der Waals surface area contributed by atoms with Crippen LogP contribution in [0, 0.1) is 6.92 Å². The first kappa shape index (κ1) is 17.2. The Balaban J connectivity index is 1.95. The number of para-hydroxylation sites is 1. The molecule has 4 aromatic rings. The molecule has 0 amide bonds. The van der Waals surface area contributed by atoms with Gasteiger partial charge >= 0.3 is 5.69 Å². The van der Waals surface area contributed by atoms with Crippen LogP contribution in [0.2, 0.25) is 0 Å². The van der Waals surface area contributed by atoms with E-state index >= 15 is 0 Å². The topological polar surface area (TPSA) is 87.6 Å². The average Bonchev–Trinajstić information content (AvgIpc) is 3.00. The molecule has 9 heteroatoms. The van der Waals surface area contributed by atoms with Gasteiger partial charge in [-0.1, -0.05) is 18.2 Å². The molecule has 0 N–H and O–H groups in total. The molecular weight excluding hydrogens is 343 g/mol. The van der Waals surface area contributed by atoms with Crippen molar-refractivity contribution in [2.45, 2.75) is 26.9 Å². The summed E-state index contributed by atoms with van der Waals surface area (Å²) in [6.07, 6.45) is 0. The molecule has 0 aliphatic rings. The van der Waals surface area contributed by atoms with Gasteiger partial charge in [-0.2, -0.15) is 0 Å². The van der Waals surface area contributed by atoms with Crippen molar-refractivity contribution in [2.24, 2.45) is 7.05 Å². The maximum absolute atomic E-state index is 13.0. The SMILES string of the molecule is [B]c1nc2c(c(=O)n(Cc3nc(C)c4ccccc4n3)c(=O)n2C)n1CC. The Morgan fingerprint density at radius 1 is 1.07 bits per heavy atom. The van der Waals surface area contributed by atoms with Gasteiger partial charge in [0.1, 0.15) is 5.82 Å². The van der Waals surface area contributed by atoms with Gasteiger partial charge in [0, 0.05) is 24.7 Å². The summed E-state index contributed by atoms with van der Waals surface area (Å²) >= 11 is 0. The lowest BCUT2D eigenvalue weighted by Crippen LogP contribution is -2.40. The van der Waals surface area contributed by atoms with Gasteiger partial charge in [0.15, 0.2) is 19.0 Å². The highest BCUT2D eigenvalue weighted by atomic mass is 16.2. The van der Waals surface area contributed by atoms with Gasteiger partial charge in [-0.25, -0.2) is 19.7 Å². The third kappa shape index (κ3) is 2.58.